The van der Waals surface area contributed by atoms with Crippen LogP contribution in [0.5, 0.6) is 0 Å². The number of amides is 1. The normalized spacial score (nSPS) is 11.0. The predicted molar refractivity (Wildman–Crippen MR) is 108 cm³/mol. The largest absolute Gasteiger partial charge is 0.318 e. The number of benzene rings is 2. The number of halogens is 1. The van der Waals surface area contributed by atoms with E-state index in [0.29, 0.717) is 11.1 Å². The SMILES string of the molecule is Cc1cc(C(=O)N/N=C/c2ccc(Cl)c([N+](=O)[O-])c2)c(C)n1-c1ccccc1. The van der Waals surface area contributed by atoms with E-state index < -0.39 is 4.92 Å². The van der Waals surface area contributed by atoms with E-state index in [0.717, 1.165) is 17.1 Å². The monoisotopic (exact) mass is 396 g/mol. The fraction of sp³-hybridized carbons (Fsp3) is 0.100. The van der Waals surface area contributed by atoms with Crippen LogP contribution in [0.2, 0.25) is 5.02 Å². The molecule has 0 saturated carbocycles. The zero-order valence-corrected chi connectivity index (χ0v) is 16.0. The maximum atomic E-state index is 12.5. The van der Waals surface area contributed by atoms with Crippen LogP contribution in [0.25, 0.3) is 5.69 Å². The molecule has 0 unspecified atom stereocenters. The van der Waals surface area contributed by atoms with E-state index in [1.807, 2.05) is 48.7 Å². The lowest BCUT2D eigenvalue weighted by Crippen LogP contribution is -2.18. The number of rotatable bonds is 5. The summed E-state index contributed by atoms with van der Waals surface area (Å²) < 4.78 is 1.99. The molecule has 7 nitrogen and oxygen atoms in total. The molecule has 28 heavy (non-hydrogen) atoms. The molecule has 0 fully saturated rings. The number of hydrazone groups is 1. The molecule has 3 aromatic rings. The Morgan fingerprint density at radius 2 is 1.89 bits per heavy atom. The van der Waals surface area contributed by atoms with Crippen LogP contribution in [-0.2, 0) is 0 Å². The molecule has 0 spiro atoms. The predicted octanol–water partition coefficient (Wildman–Crippen LogP) is 4.42. The van der Waals surface area contributed by atoms with Crippen molar-refractivity contribution < 1.29 is 9.72 Å². The van der Waals surface area contributed by atoms with Crippen molar-refractivity contribution in [1.82, 2.24) is 9.99 Å². The molecule has 142 valence electrons. The lowest BCUT2D eigenvalue weighted by molar-refractivity contribution is -0.384. The average molecular weight is 397 g/mol. The first-order valence-corrected chi connectivity index (χ1v) is 8.78. The van der Waals surface area contributed by atoms with Gasteiger partial charge in [0.25, 0.3) is 11.6 Å². The second-order valence-corrected chi connectivity index (χ2v) is 6.53. The number of nitro benzene ring substituents is 1. The highest BCUT2D eigenvalue weighted by molar-refractivity contribution is 6.32. The molecule has 2 aromatic carbocycles. The van der Waals surface area contributed by atoms with Crippen molar-refractivity contribution in [2.45, 2.75) is 13.8 Å². The number of nitro groups is 1. The Balaban J connectivity index is 1.78. The summed E-state index contributed by atoms with van der Waals surface area (Å²) in [6, 6.07) is 15.8. The zero-order valence-electron chi connectivity index (χ0n) is 15.2. The van der Waals surface area contributed by atoms with Gasteiger partial charge in [-0.1, -0.05) is 35.9 Å². The standard InChI is InChI=1S/C20H17ClN4O3/c1-13-10-17(14(2)24(13)16-6-4-3-5-7-16)20(26)23-22-12-15-8-9-18(21)19(11-15)25(27)28/h3-12H,1-2H3,(H,23,26)/b22-12+. The van der Waals surface area contributed by atoms with Crippen LogP contribution in [-0.4, -0.2) is 21.6 Å². The minimum Gasteiger partial charge on any atom is -0.318 e. The van der Waals surface area contributed by atoms with Gasteiger partial charge in [-0.15, -0.1) is 0 Å². The first-order chi connectivity index (χ1) is 13.4. The number of nitrogens with one attached hydrogen (secondary N) is 1. The summed E-state index contributed by atoms with van der Waals surface area (Å²) in [4.78, 5) is 22.9. The Kier molecular flexibility index (Phi) is 5.56. The van der Waals surface area contributed by atoms with Gasteiger partial charge < -0.3 is 4.57 Å². The summed E-state index contributed by atoms with van der Waals surface area (Å²) in [5, 5.41) is 14.9. The molecule has 0 atom stereocenters. The van der Waals surface area contributed by atoms with Gasteiger partial charge in [0.15, 0.2) is 0 Å². The Morgan fingerprint density at radius 3 is 2.57 bits per heavy atom. The molecule has 0 bridgehead atoms. The Hall–Kier alpha value is -3.45. The summed E-state index contributed by atoms with van der Waals surface area (Å²) in [5.41, 5.74) is 5.87. The van der Waals surface area contributed by atoms with Gasteiger partial charge in [-0.3, -0.25) is 14.9 Å². The van der Waals surface area contributed by atoms with E-state index >= 15 is 0 Å². The molecule has 0 radical (unpaired) electrons. The molecule has 0 aliphatic carbocycles. The van der Waals surface area contributed by atoms with Gasteiger partial charge in [-0.05, 0) is 38.1 Å². The molecular weight excluding hydrogens is 380 g/mol. The van der Waals surface area contributed by atoms with Crippen molar-refractivity contribution >= 4 is 29.4 Å². The second-order valence-electron chi connectivity index (χ2n) is 6.12. The van der Waals surface area contributed by atoms with Crippen molar-refractivity contribution in [3.05, 3.63) is 92.2 Å². The second kappa shape index (κ2) is 8.06. The van der Waals surface area contributed by atoms with Crippen molar-refractivity contribution in [2.75, 3.05) is 0 Å². The zero-order chi connectivity index (χ0) is 20.3. The number of carbonyl (C=O) groups is 1. The molecule has 0 aliphatic heterocycles. The smallest absolute Gasteiger partial charge is 0.288 e. The maximum absolute atomic E-state index is 12.5. The van der Waals surface area contributed by atoms with Crippen LogP contribution in [0.3, 0.4) is 0 Å². The first kappa shape index (κ1) is 19.3. The van der Waals surface area contributed by atoms with Crippen LogP contribution in [0.4, 0.5) is 5.69 Å². The summed E-state index contributed by atoms with van der Waals surface area (Å²) in [6.45, 7) is 3.79. The van der Waals surface area contributed by atoms with Crippen molar-refractivity contribution in [2.24, 2.45) is 5.10 Å². The molecule has 3 rings (SSSR count). The van der Waals surface area contributed by atoms with Crippen molar-refractivity contribution in [1.29, 1.82) is 0 Å². The number of hydrogen-bond donors (Lipinski definition) is 1. The number of hydrogen-bond acceptors (Lipinski definition) is 4. The Bertz CT molecular complexity index is 1070. The van der Waals surface area contributed by atoms with E-state index in [4.69, 9.17) is 11.6 Å². The fourth-order valence-electron chi connectivity index (χ4n) is 2.94. The van der Waals surface area contributed by atoms with Crippen molar-refractivity contribution in [3.8, 4) is 5.69 Å². The van der Waals surface area contributed by atoms with E-state index in [2.05, 4.69) is 10.5 Å². The van der Waals surface area contributed by atoms with Gasteiger partial charge in [0.05, 0.1) is 16.7 Å². The number of aryl methyl sites for hydroxylation is 1. The molecule has 1 N–H and O–H groups in total. The number of carbonyl (C=O) groups excluding carboxylic acids is 1. The van der Waals surface area contributed by atoms with Crippen molar-refractivity contribution in [3.63, 3.8) is 0 Å². The Labute approximate surface area is 166 Å². The third-order valence-electron chi connectivity index (χ3n) is 4.24. The minimum atomic E-state index is -0.573. The van der Waals surface area contributed by atoms with Crippen LogP contribution < -0.4 is 5.43 Å². The maximum Gasteiger partial charge on any atom is 0.288 e. The average Bonchev–Trinajstić information content (AvgIpc) is 2.97. The van der Waals surface area contributed by atoms with Gasteiger partial charge in [0.2, 0.25) is 0 Å². The third-order valence-corrected chi connectivity index (χ3v) is 4.56. The summed E-state index contributed by atoms with van der Waals surface area (Å²) in [7, 11) is 0. The Morgan fingerprint density at radius 1 is 1.18 bits per heavy atom. The summed E-state index contributed by atoms with van der Waals surface area (Å²) >= 11 is 5.78. The van der Waals surface area contributed by atoms with Gasteiger partial charge in [0.1, 0.15) is 5.02 Å². The molecular formula is C20H17ClN4O3. The molecule has 0 aliphatic rings. The summed E-state index contributed by atoms with van der Waals surface area (Å²) in [6.07, 6.45) is 1.33. The van der Waals surface area contributed by atoms with Crippen LogP contribution in [0, 0.1) is 24.0 Å². The van der Waals surface area contributed by atoms with E-state index in [1.54, 1.807) is 12.1 Å². The molecule has 0 saturated heterocycles. The van der Waals surface area contributed by atoms with Crippen LogP contribution in [0.1, 0.15) is 27.3 Å². The highest BCUT2D eigenvalue weighted by Crippen LogP contribution is 2.24. The molecule has 8 heteroatoms. The van der Waals surface area contributed by atoms with Crippen LogP contribution >= 0.6 is 11.6 Å². The highest BCUT2D eigenvalue weighted by atomic mass is 35.5. The van der Waals surface area contributed by atoms with E-state index in [-0.39, 0.29) is 16.6 Å². The minimum absolute atomic E-state index is 0.0412. The first-order valence-electron chi connectivity index (χ1n) is 8.40. The fourth-order valence-corrected chi connectivity index (χ4v) is 3.13. The number of para-hydroxylation sites is 1. The van der Waals surface area contributed by atoms with E-state index in [1.165, 1.54) is 18.3 Å². The van der Waals surface area contributed by atoms with E-state index in [9.17, 15) is 14.9 Å². The lowest BCUT2D eigenvalue weighted by Gasteiger charge is -2.09. The molecule has 1 amide bonds. The van der Waals surface area contributed by atoms with Gasteiger partial charge >= 0.3 is 0 Å². The molecule has 1 aromatic heterocycles. The highest BCUT2D eigenvalue weighted by Gasteiger charge is 2.16. The third kappa shape index (κ3) is 3.94. The quantitative estimate of drug-likeness (QED) is 0.393. The molecule has 1 heterocycles. The number of aromatic nitrogens is 1. The number of nitrogens with zero attached hydrogens (tertiary/aromatic N) is 3. The lowest BCUT2D eigenvalue weighted by atomic mass is 10.2. The summed E-state index contributed by atoms with van der Waals surface area (Å²) in [5.74, 6) is -0.366. The van der Waals surface area contributed by atoms with Gasteiger partial charge in [0, 0.05) is 28.7 Å². The van der Waals surface area contributed by atoms with Gasteiger partial charge in [-0.25, -0.2) is 5.43 Å². The topological polar surface area (TPSA) is 89.5 Å². The van der Waals surface area contributed by atoms with Crippen LogP contribution in [0.15, 0.2) is 59.7 Å². The van der Waals surface area contributed by atoms with Gasteiger partial charge in [-0.2, -0.15) is 5.10 Å².